The topological polar surface area (TPSA) is 64.6 Å². The van der Waals surface area contributed by atoms with Crippen LogP contribution >= 0.6 is 11.8 Å². The van der Waals surface area contributed by atoms with Crippen molar-refractivity contribution in [3.63, 3.8) is 0 Å². The fraction of sp³-hybridized carbons (Fsp3) is 0.500. The minimum absolute atomic E-state index is 0.0458. The Hall–Kier alpha value is -2.48. The number of hydrogen-bond donors (Lipinski definition) is 1. The lowest BCUT2D eigenvalue weighted by Crippen LogP contribution is -2.50. The Morgan fingerprint density at radius 1 is 0.867 bits per heavy atom. The predicted octanol–water partition coefficient (Wildman–Crippen LogP) is 3.93. The molecule has 1 aromatic heterocycles. The molecule has 1 aromatic carbocycles. The van der Waals surface area contributed by atoms with Gasteiger partial charge in [-0.1, -0.05) is 18.9 Å². The fourth-order valence-electron chi connectivity index (χ4n) is 4.00. The summed E-state index contributed by atoms with van der Waals surface area (Å²) in [6.07, 6.45) is 7.11. The van der Waals surface area contributed by atoms with Gasteiger partial charge in [-0.25, -0.2) is 4.79 Å². The molecule has 30 heavy (non-hydrogen) atoms. The van der Waals surface area contributed by atoms with E-state index in [-0.39, 0.29) is 6.03 Å². The van der Waals surface area contributed by atoms with Crippen LogP contribution in [0.3, 0.4) is 0 Å². The van der Waals surface area contributed by atoms with Gasteiger partial charge in [0.05, 0.1) is 0 Å². The number of amides is 2. The molecule has 2 aliphatic heterocycles. The van der Waals surface area contributed by atoms with Crippen molar-refractivity contribution in [2.24, 2.45) is 0 Å². The molecule has 4 rings (SSSR count). The van der Waals surface area contributed by atoms with Gasteiger partial charge >= 0.3 is 6.03 Å². The molecule has 2 aromatic rings. The number of piperazine rings is 1. The van der Waals surface area contributed by atoms with Crippen LogP contribution in [0.1, 0.15) is 25.7 Å². The zero-order chi connectivity index (χ0) is 20.8. The highest BCUT2D eigenvalue weighted by atomic mass is 32.2. The molecule has 2 saturated heterocycles. The highest BCUT2D eigenvalue weighted by Gasteiger charge is 2.22. The second-order valence-electron chi connectivity index (χ2n) is 7.79. The van der Waals surface area contributed by atoms with Crippen LogP contribution in [0.4, 0.5) is 22.1 Å². The molecule has 2 fully saturated rings. The number of thioether (sulfide) groups is 1. The van der Waals surface area contributed by atoms with Crippen molar-refractivity contribution in [1.82, 2.24) is 15.1 Å². The van der Waals surface area contributed by atoms with Crippen molar-refractivity contribution in [2.75, 3.05) is 60.6 Å². The quantitative estimate of drug-likeness (QED) is 0.748. The van der Waals surface area contributed by atoms with E-state index in [2.05, 4.69) is 37.4 Å². The number of nitrogens with zero attached hydrogens (tertiary/aromatic N) is 5. The Bertz CT molecular complexity index is 830. The van der Waals surface area contributed by atoms with Crippen LogP contribution < -0.4 is 15.1 Å². The third-order valence-electron chi connectivity index (χ3n) is 5.78. The first-order chi connectivity index (χ1) is 14.7. The van der Waals surface area contributed by atoms with Crippen molar-refractivity contribution < 1.29 is 4.79 Å². The number of aromatic nitrogens is 2. The molecule has 160 valence electrons. The van der Waals surface area contributed by atoms with Crippen LogP contribution in [-0.4, -0.2) is 66.7 Å². The standard InChI is InChI=1S/C22H30N6OS/c1-30-19-8-6-7-18(17-19)23-22(29)28-15-13-27(14-16-28)21-10-9-20(24-25-21)26-11-4-2-3-5-12-26/h6-10,17H,2-5,11-16H2,1H3,(H,23,29). The Morgan fingerprint density at radius 2 is 1.50 bits per heavy atom. The van der Waals surface area contributed by atoms with E-state index in [1.165, 1.54) is 25.7 Å². The van der Waals surface area contributed by atoms with Gasteiger partial charge in [0.1, 0.15) is 0 Å². The fourth-order valence-corrected chi connectivity index (χ4v) is 4.46. The van der Waals surface area contributed by atoms with Crippen molar-refractivity contribution in [3.8, 4) is 0 Å². The average Bonchev–Trinajstić information content (AvgIpc) is 3.09. The highest BCUT2D eigenvalue weighted by molar-refractivity contribution is 7.98. The summed E-state index contributed by atoms with van der Waals surface area (Å²) in [5.74, 6) is 1.87. The van der Waals surface area contributed by atoms with E-state index < -0.39 is 0 Å². The molecule has 0 radical (unpaired) electrons. The summed E-state index contributed by atoms with van der Waals surface area (Å²) < 4.78 is 0. The van der Waals surface area contributed by atoms with Crippen molar-refractivity contribution in [2.45, 2.75) is 30.6 Å². The molecule has 7 nitrogen and oxygen atoms in total. The molecule has 0 atom stereocenters. The summed E-state index contributed by atoms with van der Waals surface area (Å²) in [5, 5.41) is 12.0. The van der Waals surface area contributed by atoms with Crippen LogP contribution in [0.5, 0.6) is 0 Å². The monoisotopic (exact) mass is 426 g/mol. The first-order valence-corrected chi connectivity index (χ1v) is 12.0. The van der Waals surface area contributed by atoms with E-state index in [0.717, 1.165) is 48.4 Å². The Kier molecular flexibility index (Phi) is 6.94. The van der Waals surface area contributed by atoms with Gasteiger partial charge in [0.2, 0.25) is 0 Å². The zero-order valence-electron chi connectivity index (χ0n) is 17.6. The van der Waals surface area contributed by atoms with E-state index in [9.17, 15) is 4.79 Å². The van der Waals surface area contributed by atoms with Crippen LogP contribution in [0.2, 0.25) is 0 Å². The van der Waals surface area contributed by atoms with Gasteiger partial charge in [0.25, 0.3) is 0 Å². The molecule has 2 aliphatic rings. The van der Waals surface area contributed by atoms with E-state index in [0.29, 0.717) is 13.1 Å². The smallest absolute Gasteiger partial charge is 0.321 e. The normalized spacial score (nSPS) is 17.6. The third kappa shape index (κ3) is 5.16. The van der Waals surface area contributed by atoms with Crippen molar-refractivity contribution >= 4 is 35.1 Å². The molecule has 0 spiro atoms. The molecule has 0 saturated carbocycles. The van der Waals surface area contributed by atoms with Gasteiger partial charge in [-0.2, -0.15) is 0 Å². The number of carbonyl (C=O) groups excluding carboxylic acids is 1. The minimum Gasteiger partial charge on any atom is -0.355 e. The summed E-state index contributed by atoms with van der Waals surface area (Å²) in [6, 6.07) is 12.0. The van der Waals surface area contributed by atoms with Gasteiger partial charge in [-0.3, -0.25) is 0 Å². The maximum atomic E-state index is 12.6. The summed E-state index contributed by atoms with van der Waals surface area (Å²) in [5.41, 5.74) is 0.837. The summed E-state index contributed by atoms with van der Waals surface area (Å²) in [4.78, 5) is 20.2. The number of carbonyl (C=O) groups is 1. The molecule has 2 amide bonds. The summed E-state index contributed by atoms with van der Waals surface area (Å²) in [7, 11) is 0. The Balaban J connectivity index is 1.30. The van der Waals surface area contributed by atoms with Crippen LogP contribution in [-0.2, 0) is 0 Å². The van der Waals surface area contributed by atoms with E-state index in [1.54, 1.807) is 11.8 Å². The summed E-state index contributed by atoms with van der Waals surface area (Å²) >= 11 is 1.67. The molecule has 3 heterocycles. The van der Waals surface area contributed by atoms with Gasteiger partial charge in [-0.05, 0) is 49.4 Å². The average molecular weight is 427 g/mol. The van der Waals surface area contributed by atoms with Crippen LogP contribution in [0, 0.1) is 0 Å². The molecule has 0 unspecified atom stereocenters. The predicted molar refractivity (Wildman–Crippen MR) is 124 cm³/mol. The number of anilines is 3. The number of rotatable bonds is 4. The molecular weight excluding hydrogens is 396 g/mol. The number of urea groups is 1. The SMILES string of the molecule is CSc1cccc(NC(=O)N2CCN(c3ccc(N4CCCCCC4)nn3)CC2)c1. The zero-order valence-corrected chi connectivity index (χ0v) is 18.4. The largest absolute Gasteiger partial charge is 0.355 e. The van der Waals surface area contributed by atoms with Crippen molar-refractivity contribution in [1.29, 1.82) is 0 Å². The minimum atomic E-state index is -0.0458. The first kappa shape index (κ1) is 20.8. The van der Waals surface area contributed by atoms with Crippen molar-refractivity contribution in [3.05, 3.63) is 36.4 Å². The van der Waals surface area contributed by atoms with Gasteiger partial charge < -0.3 is 20.0 Å². The van der Waals surface area contributed by atoms with E-state index in [4.69, 9.17) is 0 Å². The molecular formula is C22H30N6OS. The first-order valence-electron chi connectivity index (χ1n) is 10.8. The van der Waals surface area contributed by atoms with Gasteiger partial charge in [0.15, 0.2) is 11.6 Å². The second-order valence-corrected chi connectivity index (χ2v) is 8.67. The maximum Gasteiger partial charge on any atom is 0.321 e. The molecule has 8 heteroatoms. The molecule has 0 aliphatic carbocycles. The number of nitrogens with one attached hydrogen (secondary N) is 1. The lowest BCUT2D eigenvalue weighted by molar-refractivity contribution is 0.208. The van der Waals surface area contributed by atoms with Gasteiger partial charge in [0, 0.05) is 49.9 Å². The lowest BCUT2D eigenvalue weighted by Gasteiger charge is -2.35. The van der Waals surface area contributed by atoms with Crippen LogP contribution in [0.15, 0.2) is 41.3 Å². The summed E-state index contributed by atoms with van der Waals surface area (Å²) in [6.45, 7) is 5.00. The number of benzene rings is 1. The molecule has 1 N–H and O–H groups in total. The second kappa shape index (κ2) is 10.0. The Labute approximate surface area is 182 Å². The maximum absolute atomic E-state index is 12.6. The van der Waals surface area contributed by atoms with E-state index >= 15 is 0 Å². The number of hydrogen-bond acceptors (Lipinski definition) is 6. The Morgan fingerprint density at radius 3 is 2.10 bits per heavy atom. The highest BCUT2D eigenvalue weighted by Crippen LogP contribution is 2.21. The van der Waals surface area contributed by atoms with Crippen LogP contribution in [0.25, 0.3) is 0 Å². The van der Waals surface area contributed by atoms with Gasteiger partial charge in [-0.15, -0.1) is 22.0 Å². The lowest BCUT2D eigenvalue weighted by atomic mass is 10.2. The molecule has 0 bridgehead atoms. The van der Waals surface area contributed by atoms with E-state index in [1.807, 2.05) is 35.4 Å². The third-order valence-corrected chi connectivity index (χ3v) is 6.50.